The fourth-order valence-electron chi connectivity index (χ4n) is 1.34. The van der Waals surface area contributed by atoms with Crippen molar-refractivity contribution in [3.8, 4) is 11.5 Å². The van der Waals surface area contributed by atoms with Crippen LogP contribution in [0.1, 0.15) is 0 Å². The zero-order valence-electron chi connectivity index (χ0n) is 9.03. The van der Waals surface area contributed by atoms with E-state index >= 15 is 0 Å². The maximum absolute atomic E-state index is 11.4. The van der Waals surface area contributed by atoms with Crippen LogP contribution in [0.2, 0.25) is 0 Å². The molecule has 0 aliphatic carbocycles. The molecule has 0 atom stereocenters. The van der Waals surface area contributed by atoms with Gasteiger partial charge in [0, 0.05) is 13.1 Å². The smallest absolute Gasteiger partial charge is 0.412 e. The van der Waals surface area contributed by atoms with Crippen molar-refractivity contribution < 1.29 is 14.3 Å². The van der Waals surface area contributed by atoms with Crippen LogP contribution >= 0.6 is 0 Å². The first kappa shape index (κ1) is 10.8. The van der Waals surface area contributed by atoms with Gasteiger partial charge in [0.2, 0.25) is 0 Å². The van der Waals surface area contributed by atoms with Crippen LogP contribution in [0, 0.1) is 0 Å². The Hall–Kier alpha value is -1.75. The lowest BCUT2D eigenvalue weighted by Gasteiger charge is -2.27. The van der Waals surface area contributed by atoms with Crippen LogP contribution < -0.4 is 20.1 Å². The molecule has 1 aliphatic heterocycles. The molecule has 5 heteroatoms. The van der Waals surface area contributed by atoms with Crippen molar-refractivity contribution in [2.75, 3.05) is 20.2 Å². The first-order valence-electron chi connectivity index (χ1n) is 5.11. The molecule has 1 saturated heterocycles. The number of carbonyl (C=O) groups excluding carboxylic acids is 1. The predicted molar refractivity (Wildman–Crippen MR) is 58.8 cm³/mol. The van der Waals surface area contributed by atoms with Crippen LogP contribution in [0.4, 0.5) is 4.79 Å². The summed E-state index contributed by atoms with van der Waals surface area (Å²) in [4.78, 5) is 11.4. The van der Waals surface area contributed by atoms with E-state index in [1.54, 1.807) is 31.4 Å². The summed E-state index contributed by atoms with van der Waals surface area (Å²) >= 11 is 0. The average molecular weight is 222 g/mol. The molecule has 0 unspecified atom stereocenters. The fourth-order valence-corrected chi connectivity index (χ4v) is 1.34. The van der Waals surface area contributed by atoms with Gasteiger partial charge in [0.15, 0.2) is 0 Å². The molecule has 1 aliphatic rings. The van der Waals surface area contributed by atoms with Gasteiger partial charge in [-0.3, -0.25) is 0 Å². The molecule has 1 aromatic rings. The Balaban J connectivity index is 1.84. The molecule has 86 valence electrons. The molecule has 0 spiro atoms. The number of methoxy groups -OCH3 is 1. The van der Waals surface area contributed by atoms with E-state index in [4.69, 9.17) is 9.47 Å². The van der Waals surface area contributed by atoms with Crippen molar-refractivity contribution in [2.24, 2.45) is 0 Å². The first-order chi connectivity index (χ1) is 7.78. The van der Waals surface area contributed by atoms with E-state index in [0.717, 1.165) is 18.8 Å². The fraction of sp³-hybridized carbons (Fsp3) is 0.364. The van der Waals surface area contributed by atoms with Crippen LogP contribution in [-0.2, 0) is 0 Å². The average Bonchev–Trinajstić information content (AvgIpc) is 2.25. The minimum atomic E-state index is -0.420. The van der Waals surface area contributed by atoms with Gasteiger partial charge >= 0.3 is 6.09 Å². The number of hydrogen-bond acceptors (Lipinski definition) is 4. The molecule has 16 heavy (non-hydrogen) atoms. The Morgan fingerprint density at radius 3 is 2.44 bits per heavy atom. The van der Waals surface area contributed by atoms with Crippen molar-refractivity contribution in [1.82, 2.24) is 10.6 Å². The highest BCUT2D eigenvalue weighted by Gasteiger charge is 2.19. The maximum Gasteiger partial charge on any atom is 0.412 e. The van der Waals surface area contributed by atoms with Gasteiger partial charge in [-0.2, -0.15) is 0 Å². The van der Waals surface area contributed by atoms with Gasteiger partial charge in [-0.15, -0.1) is 0 Å². The Morgan fingerprint density at radius 2 is 1.94 bits per heavy atom. The van der Waals surface area contributed by atoms with Gasteiger partial charge in [-0.25, -0.2) is 4.79 Å². The summed E-state index contributed by atoms with van der Waals surface area (Å²) in [7, 11) is 1.59. The summed E-state index contributed by atoms with van der Waals surface area (Å²) in [5.74, 6) is 1.24. The van der Waals surface area contributed by atoms with Crippen molar-refractivity contribution in [3.63, 3.8) is 0 Å². The quantitative estimate of drug-likeness (QED) is 0.792. The third-order valence-electron chi connectivity index (χ3n) is 2.37. The summed E-state index contributed by atoms with van der Waals surface area (Å²) in [6, 6.07) is 7.06. The molecule has 0 radical (unpaired) electrons. The number of ether oxygens (including phenoxy) is 2. The standard InChI is InChI=1S/C11H14N2O3/c1-15-9-2-4-10(5-3-9)16-11(14)13-8-6-12-7-8/h2-5,8,12H,6-7H2,1H3,(H,13,14). The molecule has 0 saturated carbocycles. The number of amides is 1. The zero-order chi connectivity index (χ0) is 11.4. The molecule has 1 fully saturated rings. The molecule has 0 aromatic heterocycles. The lowest BCUT2D eigenvalue weighted by atomic mass is 10.2. The van der Waals surface area contributed by atoms with E-state index in [9.17, 15) is 4.79 Å². The van der Waals surface area contributed by atoms with E-state index in [-0.39, 0.29) is 6.04 Å². The summed E-state index contributed by atoms with van der Waals surface area (Å²) in [5, 5.41) is 5.80. The third-order valence-corrected chi connectivity index (χ3v) is 2.37. The first-order valence-corrected chi connectivity index (χ1v) is 5.11. The topological polar surface area (TPSA) is 59.6 Å². The highest BCUT2D eigenvalue weighted by atomic mass is 16.6. The molecule has 1 aromatic carbocycles. The van der Waals surface area contributed by atoms with Crippen molar-refractivity contribution in [3.05, 3.63) is 24.3 Å². The summed E-state index contributed by atoms with van der Waals surface area (Å²) in [6.45, 7) is 1.61. The number of carbonyl (C=O) groups is 1. The van der Waals surface area contributed by atoms with Gasteiger partial charge < -0.3 is 20.1 Å². The van der Waals surface area contributed by atoms with Gasteiger partial charge in [0.1, 0.15) is 11.5 Å². The van der Waals surface area contributed by atoms with E-state index in [2.05, 4.69) is 10.6 Å². The van der Waals surface area contributed by atoms with Crippen molar-refractivity contribution >= 4 is 6.09 Å². The Morgan fingerprint density at radius 1 is 1.31 bits per heavy atom. The summed E-state index contributed by atoms with van der Waals surface area (Å²) in [5.41, 5.74) is 0. The normalized spacial score (nSPS) is 15.1. The molecule has 2 N–H and O–H groups in total. The number of benzene rings is 1. The second-order valence-electron chi connectivity index (χ2n) is 3.56. The van der Waals surface area contributed by atoms with Crippen LogP contribution in [0.15, 0.2) is 24.3 Å². The predicted octanol–water partition coefficient (Wildman–Crippen LogP) is 0.755. The SMILES string of the molecule is COc1ccc(OC(=O)NC2CNC2)cc1. The molecule has 2 rings (SSSR count). The van der Waals surface area contributed by atoms with E-state index in [1.807, 2.05) is 0 Å². The minimum Gasteiger partial charge on any atom is -0.497 e. The van der Waals surface area contributed by atoms with Crippen molar-refractivity contribution in [2.45, 2.75) is 6.04 Å². The number of rotatable bonds is 3. The number of hydrogen-bond donors (Lipinski definition) is 2. The van der Waals surface area contributed by atoms with Gasteiger partial charge in [-0.1, -0.05) is 0 Å². The largest absolute Gasteiger partial charge is 0.497 e. The van der Waals surface area contributed by atoms with E-state index in [0.29, 0.717) is 5.75 Å². The van der Waals surface area contributed by atoms with Crippen LogP contribution in [0.3, 0.4) is 0 Å². The summed E-state index contributed by atoms with van der Waals surface area (Å²) < 4.78 is 10.1. The highest BCUT2D eigenvalue weighted by Crippen LogP contribution is 2.17. The van der Waals surface area contributed by atoms with E-state index in [1.165, 1.54) is 0 Å². The Labute approximate surface area is 93.7 Å². The van der Waals surface area contributed by atoms with Crippen LogP contribution in [0.25, 0.3) is 0 Å². The highest BCUT2D eigenvalue weighted by molar-refractivity contribution is 5.70. The zero-order valence-corrected chi connectivity index (χ0v) is 9.03. The molecule has 5 nitrogen and oxygen atoms in total. The maximum atomic E-state index is 11.4. The minimum absolute atomic E-state index is 0.186. The Bertz CT molecular complexity index is 360. The van der Waals surface area contributed by atoms with Gasteiger partial charge in [0.25, 0.3) is 0 Å². The molecule has 1 heterocycles. The van der Waals surface area contributed by atoms with Gasteiger partial charge in [-0.05, 0) is 24.3 Å². The monoisotopic (exact) mass is 222 g/mol. The third kappa shape index (κ3) is 2.64. The van der Waals surface area contributed by atoms with Gasteiger partial charge in [0.05, 0.1) is 13.2 Å². The Kier molecular flexibility index (Phi) is 3.26. The lowest BCUT2D eigenvalue weighted by Crippen LogP contribution is -2.57. The van der Waals surface area contributed by atoms with Crippen LogP contribution in [-0.4, -0.2) is 32.3 Å². The molecule has 1 amide bonds. The molecule has 0 bridgehead atoms. The second kappa shape index (κ2) is 4.85. The number of nitrogens with one attached hydrogen (secondary N) is 2. The van der Waals surface area contributed by atoms with Crippen molar-refractivity contribution in [1.29, 1.82) is 0 Å². The second-order valence-corrected chi connectivity index (χ2v) is 3.56. The van der Waals surface area contributed by atoms with E-state index < -0.39 is 6.09 Å². The van der Waals surface area contributed by atoms with Crippen LogP contribution in [0.5, 0.6) is 11.5 Å². The molecular formula is C11H14N2O3. The molecular weight excluding hydrogens is 208 g/mol. The lowest BCUT2D eigenvalue weighted by molar-refractivity contribution is 0.190. The summed E-state index contributed by atoms with van der Waals surface area (Å²) in [6.07, 6.45) is -0.420.